The molecule has 0 fully saturated rings. The van der Waals surface area contributed by atoms with Crippen LogP contribution in [0.4, 0.5) is 0 Å². The van der Waals surface area contributed by atoms with Crippen molar-refractivity contribution < 1.29 is 0 Å². The Hall–Kier alpha value is -2.10. The van der Waals surface area contributed by atoms with Gasteiger partial charge in [-0.2, -0.15) is 0 Å². The molecule has 4 nitrogen and oxygen atoms in total. The Morgan fingerprint density at radius 3 is 2.11 bits per heavy atom. The van der Waals surface area contributed by atoms with E-state index in [2.05, 4.69) is 40.7 Å². The van der Waals surface area contributed by atoms with Gasteiger partial charge in [0.25, 0.3) is 0 Å². The third-order valence-corrected chi connectivity index (χ3v) is 2.64. The number of aromatic nitrogens is 4. The number of hydrogen-bond donors (Lipinski definition) is 0. The third kappa shape index (κ3) is 3.44. The van der Waals surface area contributed by atoms with Gasteiger partial charge >= 0.3 is 0 Å². The highest BCUT2D eigenvalue weighted by atomic mass is 14.9. The first-order chi connectivity index (χ1) is 8.97. The third-order valence-electron chi connectivity index (χ3n) is 2.64. The fourth-order valence-corrected chi connectivity index (χ4v) is 1.62. The van der Waals surface area contributed by atoms with Crippen molar-refractivity contribution in [3.63, 3.8) is 0 Å². The number of allylic oxidation sites excluding steroid dienone is 1. The lowest BCUT2D eigenvalue weighted by Gasteiger charge is -2.15. The van der Waals surface area contributed by atoms with Crippen molar-refractivity contribution in [2.24, 2.45) is 0 Å². The molecule has 0 N–H and O–H groups in total. The monoisotopic (exact) mass is 254 g/mol. The summed E-state index contributed by atoms with van der Waals surface area (Å²) in [6.45, 7) is 8.27. The Balaban J connectivity index is 2.24. The summed E-state index contributed by atoms with van der Waals surface area (Å²) in [4.78, 5) is 17.2. The highest BCUT2D eigenvalue weighted by Gasteiger charge is 2.16. The quantitative estimate of drug-likeness (QED) is 0.826. The maximum Gasteiger partial charge on any atom is 0.154 e. The second-order valence-corrected chi connectivity index (χ2v) is 5.49. The molecule has 0 saturated carbocycles. The summed E-state index contributed by atoms with van der Waals surface area (Å²) in [5.74, 6) is 1.57. The smallest absolute Gasteiger partial charge is 0.154 e. The van der Waals surface area contributed by atoms with Gasteiger partial charge in [0.05, 0.1) is 0 Å². The lowest BCUT2D eigenvalue weighted by atomic mass is 9.96. The van der Waals surface area contributed by atoms with Crippen LogP contribution in [0.3, 0.4) is 0 Å². The molecule has 98 valence electrons. The molecule has 0 bridgehead atoms. The second-order valence-electron chi connectivity index (χ2n) is 5.49. The average Bonchev–Trinajstić information content (AvgIpc) is 2.39. The molecule has 2 heterocycles. The van der Waals surface area contributed by atoms with Gasteiger partial charge in [0, 0.05) is 35.8 Å². The Kier molecular flexibility index (Phi) is 3.69. The molecule has 0 unspecified atom stereocenters. The predicted octanol–water partition coefficient (Wildman–Crippen LogP) is 3.12. The van der Waals surface area contributed by atoms with Crippen LogP contribution in [-0.4, -0.2) is 19.9 Å². The van der Waals surface area contributed by atoms with E-state index in [9.17, 15) is 0 Å². The van der Waals surface area contributed by atoms with Gasteiger partial charge in [0.1, 0.15) is 5.82 Å². The molecular weight excluding hydrogens is 236 g/mol. The maximum absolute atomic E-state index is 4.40. The Morgan fingerprint density at radius 2 is 1.58 bits per heavy atom. The zero-order chi connectivity index (χ0) is 13.9. The van der Waals surface area contributed by atoms with Crippen molar-refractivity contribution in [1.29, 1.82) is 0 Å². The van der Waals surface area contributed by atoms with Gasteiger partial charge in [-0.15, -0.1) is 0 Å². The molecule has 2 aromatic heterocycles. The zero-order valence-electron chi connectivity index (χ0n) is 11.8. The summed E-state index contributed by atoms with van der Waals surface area (Å²) in [6, 6.07) is 1.80. The SMILES string of the molecule is CC(=Cc1cnc(C(C)(C)C)nc1)c1ncccn1. The topological polar surface area (TPSA) is 51.6 Å². The van der Waals surface area contributed by atoms with Crippen LogP contribution in [0.1, 0.15) is 44.9 Å². The molecule has 0 aliphatic heterocycles. The number of nitrogens with zero attached hydrogens (tertiary/aromatic N) is 4. The van der Waals surface area contributed by atoms with E-state index in [1.165, 1.54) is 0 Å². The molecule has 4 heteroatoms. The molecular formula is C15H18N4. The summed E-state index contributed by atoms with van der Waals surface area (Å²) in [5.41, 5.74) is 1.92. The van der Waals surface area contributed by atoms with E-state index in [-0.39, 0.29) is 5.41 Å². The van der Waals surface area contributed by atoms with Crippen molar-refractivity contribution in [2.75, 3.05) is 0 Å². The van der Waals surface area contributed by atoms with Crippen LogP contribution in [0, 0.1) is 0 Å². The van der Waals surface area contributed by atoms with Crippen molar-refractivity contribution in [1.82, 2.24) is 19.9 Å². The lowest BCUT2D eigenvalue weighted by molar-refractivity contribution is 0.545. The molecule has 2 rings (SSSR count). The molecule has 0 aliphatic rings. The van der Waals surface area contributed by atoms with E-state index in [1.54, 1.807) is 18.5 Å². The molecule has 0 aliphatic carbocycles. The lowest BCUT2D eigenvalue weighted by Crippen LogP contribution is -2.15. The number of rotatable bonds is 2. The normalized spacial score (nSPS) is 12.5. The molecule has 0 spiro atoms. The molecule has 0 radical (unpaired) electrons. The van der Waals surface area contributed by atoms with E-state index in [0.29, 0.717) is 0 Å². The van der Waals surface area contributed by atoms with Crippen LogP contribution < -0.4 is 0 Å². The van der Waals surface area contributed by atoms with E-state index >= 15 is 0 Å². The van der Waals surface area contributed by atoms with Crippen LogP contribution >= 0.6 is 0 Å². The van der Waals surface area contributed by atoms with Crippen LogP contribution in [0.5, 0.6) is 0 Å². The minimum atomic E-state index is -0.0279. The summed E-state index contributed by atoms with van der Waals surface area (Å²) >= 11 is 0. The van der Waals surface area contributed by atoms with Crippen molar-refractivity contribution in [3.05, 3.63) is 48.1 Å². The van der Waals surface area contributed by atoms with Gasteiger partial charge in [-0.25, -0.2) is 19.9 Å². The molecule has 0 atom stereocenters. The highest BCUT2D eigenvalue weighted by molar-refractivity contribution is 5.76. The summed E-state index contributed by atoms with van der Waals surface area (Å²) in [7, 11) is 0. The Morgan fingerprint density at radius 1 is 1.00 bits per heavy atom. The molecule has 2 aromatic rings. The molecule has 0 saturated heterocycles. The van der Waals surface area contributed by atoms with Gasteiger partial charge in [0.15, 0.2) is 5.82 Å². The average molecular weight is 254 g/mol. The van der Waals surface area contributed by atoms with Gasteiger partial charge in [-0.1, -0.05) is 20.8 Å². The zero-order valence-corrected chi connectivity index (χ0v) is 11.8. The first-order valence-electron chi connectivity index (χ1n) is 6.25. The summed E-state index contributed by atoms with van der Waals surface area (Å²) < 4.78 is 0. The summed E-state index contributed by atoms with van der Waals surface area (Å²) in [5, 5.41) is 0. The van der Waals surface area contributed by atoms with E-state index in [0.717, 1.165) is 22.8 Å². The Bertz CT molecular complexity index is 565. The largest absolute Gasteiger partial charge is 0.240 e. The van der Waals surface area contributed by atoms with Crippen LogP contribution in [0.2, 0.25) is 0 Å². The van der Waals surface area contributed by atoms with Gasteiger partial charge in [-0.3, -0.25) is 0 Å². The Labute approximate surface area is 113 Å². The second kappa shape index (κ2) is 5.26. The van der Waals surface area contributed by atoms with Crippen LogP contribution in [-0.2, 0) is 5.41 Å². The van der Waals surface area contributed by atoms with E-state index in [4.69, 9.17) is 0 Å². The summed E-state index contributed by atoms with van der Waals surface area (Å²) in [6.07, 6.45) is 9.12. The van der Waals surface area contributed by atoms with Crippen LogP contribution in [0.25, 0.3) is 11.6 Å². The standard InChI is InChI=1S/C15H18N4/c1-11(13-16-6-5-7-17-13)8-12-9-18-14(19-10-12)15(2,3)4/h5-10H,1-4H3. The highest BCUT2D eigenvalue weighted by Crippen LogP contribution is 2.18. The van der Waals surface area contributed by atoms with Gasteiger partial charge in [-0.05, 0) is 24.6 Å². The van der Waals surface area contributed by atoms with E-state index < -0.39 is 0 Å². The van der Waals surface area contributed by atoms with Gasteiger partial charge in [0.2, 0.25) is 0 Å². The molecule has 0 amide bonds. The van der Waals surface area contributed by atoms with Crippen molar-refractivity contribution in [2.45, 2.75) is 33.1 Å². The molecule has 0 aromatic carbocycles. The van der Waals surface area contributed by atoms with E-state index in [1.807, 2.05) is 25.4 Å². The molecule has 19 heavy (non-hydrogen) atoms. The minimum absolute atomic E-state index is 0.0279. The fraction of sp³-hybridized carbons (Fsp3) is 0.333. The van der Waals surface area contributed by atoms with Crippen molar-refractivity contribution >= 4 is 11.6 Å². The fourth-order valence-electron chi connectivity index (χ4n) is 1.62. The number of hydrogen-bond acceptors (Lipinski definition) is 4. The van der Waals surface area contributed by atoms with Crippen molar-refractivity contribution in [3.8, 4) is 0 Å². The first kappa shape index (κ1) is 13.3. The minimum Gasteiger partial charge on any atom is -0.240 e. The van der Waals surface area contributed by atoms with Gasteiger partial charge < -0.3 is 0 Å². The first-order valence-corrected chi connectivity index (χ1v) is 6.25. The maximum atomic E-state index is 4.40. The predicted molar refractivity (Wildman–Crippen MR) is 76.3 cm³/mol. The van der Waals surface area contributed by atoms with Crippen LogP contribution in [0.15, 0.2) is 30.9 Å².